The van der Waals surface area contributed by atoms with Gasteiger partial charge in [0.05, 0.1) is 28.1 Å². The number of benzene rings is 1. The number of imide groups is 1. The Hall–Kier alpha value is -2.40. The van der Waals surface area contributed by atoms with E-state index in [2.05, 4.69) is 0 Å². The summed E-state index contributed by atoms with van der Waals surface area (Å²) in [7, 11) is 0. The van der Waals surface area contributed by atoms with Gasteiger partial charge in [-0.15, -0.1) is 0 Å². The first-order valence-corrected chi connectivity index (χ1v) is 8.47. The van der Waals surface area contributed by atoms with Crippen LogP contribution in [0.3, 0.4) is 0 Å². The minimum Gasteiger partial charge on any atom is -0.478 e. The van der Waals surface area contributed by atoms with E-state index in [1.54, 1.807) is 0 Å². The molecule has 0 spiro atoms. The lowest BCUT2D eigenvalue weighted by Crippen LogP contribution is -2.33. The average Bonchev–Trinajstić information content (AvgIpc) is 3.18. The van der Waals surface area contributed by atoms with Gasteiger partial charge in [-0.25, -0.2) is 9.69 Å². The first kappa shape index (κ1) is 16.1. The first-order valence-electron chi connectivity index (χ1n) is 8.09. The second-order valence-electron chi connectivity index (χ2n) is 6.92. The van der Waals surface area contributed by atoms with Crippen molar-refractivity contribution in [2.75, 3.05) is 4.90 Å². The van der Waals surface area contributed by atoms with Crippen molar-refractivity contribution in [2.24, 2.45) is 23.7 Å². The molecule has 1 heterocycles. The molecule has 1 saturated heterocycles. The molecule has 0 aromatic heterocycles. The van der Waals surface area contributed by atoms with Gasteiger partial charge in [0, 0.05) is 11.8 Å². The molecule has 1 N–H and O–H groups in total. The van der Waals surface area contributed by atoms with Crippen LogP contribution in [0.15, 0.2) is 41.5 Å². The smallest absolute Gasteiger partial charge is 0.337 e. The largest absolute Gasteiger partial charge is 0.478 e. The Bertz CT molecular complexity index is 863. The van der Waals surface area contributed by atoms with Gasteiger partial charge in [-0.3, -0.25) is 9.59 Å². The van der Waals surface area contributed by atoms with E-state index in [4.69, 9.17) is 11.6 Å². The second-order valence-corrected chi connectivity index (χ2v) is 7.33. The predicted molar refractivity (Wildman–Crippen MR) is 92.4 cm³/mol. The van der Waals surface area contributed by atoms with Crippen molar-refractivity contribution >= 4 is 35.1 Å². The number of hydrogen-bond donors (Lipinski definition) is 1. The average molecular weight is 358 g/mol. The van der Waals surface area contributed by atoms with Crippen molar-refractivity contribution in [3.05, 3.63) is 52.1 Å². The number of anilines is 1. The summed E-state index contributed by atoms with van der Waals surface area (Å²) in [5, 5.41) is 9.30. The molecule has 1 saturated carbocycles. The maximum atomic E-state index is 13.0. The van der Waals surface area contributed by atoms with Crippen molar-refractivity contribution in [3.63, 3.8) is 0 Å². The molecule has 5 nitrogen and oxygen atoms in total. The molecule has 0 unspecified atom stereocenters. The molecule has 25 heavy (non-hydrogen) atoms. The van der Waals surface area contributed by atoms with Gasteiger partial charge in [-0.1, -0.05) is 34.9 Å². The number of aromatic carboxylic acids is 1. The predicted octanol–water partition coefficient (Wildman–Crippen LogP) is 3.30. The van der Waals surface area contributed by atoms with Crippen molar-refractivity contribution in [3.8, 4) is 0 Å². The Morgan fingerprint density at radius 2 is 1.64 bits per heavy atom. The van der Waals surface area contributed by atoms with E-state index in [1.807, 2.05) is 26.0 Å². The molecule has 2 amide bonds. The molecule has 1 aromatic carbocycles. The maximum absolute atomic E-state index is 13.0. The van der Waals surface area contributed by atoms with Crippen LogP contribution in [-0.4, -0.2) is 22.9 Å². The molecule has 6 heteroatoms. The van der Waals surface area contributed by atoms with E-state index >= 15 is 0 Å². The van der Waals surface area contributed by atoms with E-state index in [0.29, 0.717) is 0 Å². The van der Waals surface area contributed by atoms with Gasteiger partial charge in [0.25, 0.3) is 0 Å². The summed E-state index contributed by atoms with van der Waals surface area (Å²) in [5.41, 5.74) is 2.48. The van der Waals surface area contributed by atoms with Gasteiger partial charge in [-0.2, -0.15) is 0 Å². The molecular weight excluding hydrogens is 342 g/mol. The van der Waals surface area contributed by atoms with Crippen LogP contribution < -0.4 is 4.90 Å². The van der Waals surface area contributed by atoms with E-state index in [0.717, 1.165) is 10.5 Å². The monoisotopic (exact) mass is 357 g/mol. The standard InChI is InChI=1S/C19H16ClNO4/c1-8(2)14-10-4-5-11(14)16-15(10)17(22)21(18(16)23)9-3-6-13(20)12(7-9)19(24)25/h3-7,10-11,15-16H,1-2H3,(H,24,25)/t10-,11-,15+,16+/m1/s1. The third-order valence-corrected chi connectivity index (χ3v) is 5.76. The van der Waals surface area contributed by atoms with Crippen LogP contribution in [0.25, 0.3) is 0 Å². The van der Waals surface area contributed by atoms with Gasteiger partial charge in [0.2, 0.25) is 11.8 Å². The van der Waals surface area contributed by atoms with Crippen LogP contribution in [-0.2, 0) is 9.59 Å². The van der Waals surface area contributed by atoms with Gasteiger partial charge in [-0.05, 0) is 32.0 Å². The number of amides is 2. The SMILES string of the molecule is CC(C)=C1[C@H]2C=C[C@H]1[C@@H]1C(=O)N(c3ccc(Cl)c(C(=O)O)c3)C(=O)[C@H]12. The van der Waals surface area contributed by atoms with Crippen LogP contribution in [0.1, 0.15) is 24.2 Å². The molecule has 1 aromatic rings. The highest BCUT2D eigenvalue weighted by Crippen LogP contribution is 2.57. The topological polar surface area (TPSA) is 74.7 Å². The zero-order chi connectivity index (χ0) is 18.0. The highest BCUT2D eigenvalue weighted by molar-refractivity contribution is 6.34. The highest BCUT2D eigenvalue weighted by atomic mass is 35.5. The van der Waals surface area contributed by atoms with Crippen molar-refractivity contribution < 1.29 is 19.5 Å². The molecule has 4 rings (SSSR count). The summed E-state index contributed by atoms with van der Waals surface area (Å²) >= 11 is 5.89. The first-order chi connectivity index (χ1) is 11.8. The number of carboxylic acids is 1. The lowest BCUT2D eigenvalue weighted by Gasteiger charge is -2.19. The molecule has 2 fully saturated rings. The van der Waals surface area contributed by atoms with Gasteiger partial charge in [0.15, 0.2) is 0 Å². The number of carbonyl (C=O) groups excluding carboxylic acids is 2. The summed E-state index contributed by atoms with van der Waals surface area (Å²) in [6.07, 6.45) is 4.04. The number of allylic oxidation sites excluding steroid dienone is 4. The number of carbonyl (C=O) groups is 3. The van der Waals surface area contributed by atoms with Gasteiger partial charge >= 0.3 is 5.97 Å². The zero-order valence-corrected chi connectivity index (χ0v) is 14.4. The fourth-order valence-electron chi connectivity index (χ4n) is 4.50. The lowest BCUT2D eigenvalue weighted by atomic mass is 9.85. The van der Waals surface area contributed by atoms with Gasteiger partial charge < -0.3 is 5.11 Å². The van der Waals surface area contributed by atoms with E-state index in [1.165, 1.54) is 23.8 Å². The van der Waals surface area contributed by atoms with Crippen molar-refractivity contribution in [2.45, 2.75) is 13.8 Å². The number of nitrogens with zero attached hydrogens (tertiary/aromatic N) is 1. The Labute approximate surface area is 149 Å². The number of rotatable bonds is 2. The van der Waals surface area contributed by atoms with Crippen LogP contribution in [0.4, 0.5) is 5.69 Å². The Morgan fingerprint density at radius 1 is 1.08 bits per heavy atom. The fraction of sp³-hybridized carbons (Fsp3) is 0.316. The molecule has 4 atom stereocenters. The summed E-state index contributed by atoms with van der Waals surface area (Å²) in [6, 6.07) is 4.21. The molecule has 2 bridgehead atoms. The van der Waals surface area contributed by atoms with Crippen LogP contribution in [0.5, 0.6) is 0 Å². The van der Waals surface area contributed by atoms with Crippen molar-refractivity contribution in [1.29, 1.82) is 0 Å². The van der Waals surface area contributed by atoms with Crippen LogP contribution in [0.2, 0.25) is 5.02 Å². The summed E-state index contributed by atoms with van der Waals surface area (Å²) in [6.45, 7) is 4.02. The van der Waals surface area contributed by atoms with E-state index in [9.17, 15) is 19.5 Å². The second kappa shape index (κ2) is 5.30. The van der Waals surface area contributed by atoms with E-state index < -0.39 is 17.8 Å². The Kier molecular flexibility index (Phi) is 3.41. The quantitative estimate of drug-likeness (QED) is 0.651. The minimum atomic E-state index is -1.19. The number of hydrogen-bond acceptors (Lipinski definition) is 3. The maximum Gasteiger partial charge on any atom is 0.337 e. The summed E-state index contributed by atoms with van der Waals surface area (Å²) in [4.78, 5) is 38.4. The molecule has 3 aliphatic rings. The Balaban J connectivity index is 1.76. The van der Waals surface area contributed by atoms with Crippen LogP contribution >= 0.6 is 11.6 Å². The van der Waals surface area contributed by atoms with E-state index in [-0.39, 0.29) is 39.9 Å². The number of fused-ring (bicyclic) bond motifs is 5. The summed E-state index contributed by atoms with van der Waals surface area (Å²) < 4.78 is 0. The minimum absolute atomic E-state index is 0.0345. The third-order valence-electron chi connectivity index (χ3n) is 5.43. The molecule has 128 valence electrons. The fourth-order valence-corrected chi connectivity index (χ4v) is 4.70. The van der Waals surface area contributed by atoms with Crippen molar-refractivity contribution in [1.82, 2.24) is 0 Å². The molecular formula is C19H16ClNO4. The zero-order valence-electron chi connectivity index (χ0n) is 13.7. The van der Waals surface area contributed by atoms with Gasteiger partial charge in [0.1, 0.15) is 0 Å². The molecule has 0 radical (unpaired) electrons. The molecule has 1 aliphatic heterocycles. The lowest BCUT2D eigenvalue weighted by molar-refractivity contribution is -0.122. The number of carboxylic acid groups (broad SMARTS) is 1. The van der Waals surface area contributed by atoms with Crippen LogP contribution in [0, 0.1) is 23.7 Å². The third kappa shape index (κ3) is 2.05. The number of halogens is 1. The highest BCUT2D eigenvalue weighted by Gasteiger charge is 2.61. The summed E-state index contributed by atoms with van der Waals surface area (Å²) in [5.74, 6) is -2.57. The Morgan fingerprint density at radius 3 is 2.12 bits per heavy atom. The molecule has 2 aliphatic carbocycles. The normalized spacial score (nSPS) is 29.6.